The standard InChI is InChI=1S/C26H23N3O5/c1-3-34-23-11-9-21(10-12-23)28(26(31)18-5-7-22(8-6-18)29(32)33)16-20-15-19-14-17(2)4-13-24(19)27-25(20)30/h4-15H,3,16H2,1-2H3,(H,27,30). The highest BCUT2D eigenvalue weighted by atomic mass is 16.6. The number of nitrogens with one attached hydrogen (secondary N) is 1. The zero-order valence-electron chi connectivity index (χ0n) is 18.8. The van der Waals surface area contributed by atoms with Crippen LogP contribution in [-0.4, -0.2) is 22.4 Å². The van der Waals surface area contributed by atoms with Crippen LogP contribution in [0.4, 0.5) is 11.4 Å². The number of carbonyl (C=O) groups excluding carboxylic acids is 1. The minimum atomic E-state index is -0.519. The monoisotopic (exact) mass is 457 g/mol. The zero-order valence-corrected chi connectivity index (χ0v) is 18.8. The summed E-state index contributed by atoms with van der Waals surface area (Å²) in [6.07, 6.45) is 0. The number of nitro benzene ring substituents is 1. The molecule has 8 nitrogen and oxygen atoms in total. The largest absolute Gasteiger partial charge is 0.494 e. The molecule has 0 aliphatic heterocycles. The van der Waals surface area contributed by atoms with E-state index < -0.39 is 4.92 Å². The lowest BCUT2D eigenvalue weighted by Gasteiger charge is -2.23. The maximum atomic E-state index is 13.5. The lowest BCUT2D eigenvalue weighted by molar-refractivity contribution is -0.384. The van der Waals surface area contributed by atoms with Gasteiger partial charge in [-0.05, 0) is 73.8 Å². The second kappa shape index (κ2) is 9.58. The van der Waals surface area contributed by atoms with E-state index >= 15 is 0 Å². The molecule has 8 heteroatoms. The van der Waals surface area contributed by atoms with Crippen molar-refractivity contribution in [2.75, 3.05) is 11.5 Å². The minimum Gasteiger partial charge on any atom is -0.494 e. The summed E-state index contributed by atoms with van der Waals surface area (Å²) in [5.74, 6) is 0.274. The van der Waals surface area contributed by atoms with Gasteiger partial charge in [0.2, 0.25) is 0 Å². The molecule has 1 heterocycles. The number of benzene rings is 3. The molecule has 0 saturated carbocycles. The summed E-state index contributed by atoms with van der Waals surface area (Å²) in [6, 6.07) is 19.9. The summed E-state index contributed by atoms with van der Waals surface area (Å²) in [5, 5.41) is 11.9. The summed E-state index contributed by atoms with van der Waals surface area (Å²) >= 11 is 0. The number of carbonyl (C=O) groups is 1. The SMILES string of the molecule is CCOc1ccc(N(Cc2cc3cc(C)ccc3[nH]c2=O)C(=O)c2ccc([N+](=O)[O-])cc2)cc1. The average molecular weight is 457 g/mol. The number of aromatic amines is 1. The first kappa shape index (κ1) is 22.7. The number of nitro groups is 1. The third-order valence-electron chi connectivity index (χ3n) is 5.43. The molecule has 0 unspecified atom stereocenters. The van der Waals surface area contributed by atoms with Gasteiger partial charge in [-0.25, -0.2) is 0 Å². The summed E-state index contributed by atoms with van der Waals surface area (Å²) in [4.78, 5) is 41.1. The van der Waals surface area contributed by atoms with E-state index in [1.807, 2.05) is 32.0 Å². The van der Waals surface area contributed by atoms with E-state index in [-0.39, 0.29) is 29.3 Å². The molecule has 0 radical (unpaired) electrons. The number of hydrogen-bond donors (Lipinski definition) is 1. The van der Waals surface area contributed by atoms with Crippen LogP contribution < -0.4 is 15.2 Å². The molecule has 0 spiro atoms. The average Bonchev–Trinajstić information content (AvgIpc) is 2.83. The van der Waals surface area contributed by atoms with Crippen LogP contribution in [0.2, 0.25) is 0 Å². The number of rotatable bonds is 7. The van der Waals surface area contributed by atoms with Crippen LogP contribution >= 0.6 is 0 Å². The summed E-state index contributed by atoms with van der Waals surface area (Å²) in [6.45, 7) is 4.38. The molecule has 4 rings (SSSR count). The fourth-order valence-corrected chi connectivity index (χ4v) is 3.71. The van der Waals surface area contributed by atoms with E-state index in [9.17, 15) is 19.7 Å². The molecule has 0 fully saturated rings. The molecule has 0 saturated heterocycles. The molecule has 0 aliphatic rings. The van der Waals surface area contributed by atoms with E-state index in [1.54, 1.807) is 30.3 Å². The third-order valence-corrected chi connectivity index (χ3v) is 5.43. The Balaban J connectivity index is 1.75. The van der Waals surface area contributed by atoms with E-state index in [2.05, 4.69) is 4.98 Å². The first-order valence-corrected chi connectivity index (χ1v) is 10.8. The topological polar surface area (TPSA) is 106 Å². The highest BCUT2D eigenvalue weighted by molar-refractivity contribution is 6.06. The van der Waals surface area contributed by atoms with Crippen molar-refractivity contribution < 1.29 is 14.5 Å². The number of fused-ring (bicyclic) bond motifs is 1. The first-order valence-electron chi connectivity index (χ1n) is 10.8. The van der Waals surface area contributed by atoms with Crippen molar-refractivity contribution in [1.29, 1.82) is 0 Å². The molecular formula is C26H23N3O5. The molecule has 3 aromatic carbocycles. The van der Waals surface area contributed by atoms with Crippen molar-refractivity contribution in [3.8, 4) is 5.75 Å². The molecule has 4 aromatic rings. The first-order chi connectivity index (χ1) is 16.4. The fourth-order valence-electron chi connectivity index (χ4n) is 3.71. The molecule has 1 aromatic heterocycles. The Morgan fingerprint density at radius 1 is 1.03 bits per heavy atom. The van der Waals surface area contributed by atoms with Gasteiger partial charge in [-0.15, -0.1) is 0 Å². The van der Waals surface area contributed by atoms with Gasteiger partial charge in [0, 0.05) is 34.5 Å². The number of nitrogens with zero attached hydrogens (tertiary/aromatic N) is 2. The summed E-state index contributed by atoms with van der Waals surface area (Å²) in [5.41, 5.74) is 2.63. The minimum absolute atomic E-state index is 0.0169. The number of aromatic nitrogens is 1. The van der Waals surface area contributed by atoms with Gasteiger partial charge < -0.3 is 14.6 Å². The molecule has 172 valence electrons. The van der Waals surface area contributed by atoms with Crippen LogP contribution in [0.25, 0.3) is 10.9 Å². The van der Waals surface area contributed by atoms with Gasteiger partial charge in [0.15, 0.2) is 0 Å². The Bertz CT molecular complexity index is 1410. The molecule has 0 aliphatic carbocycles. The summed E-state index contributed by atoms with van der Waals surface area (Å²) in [7, 11) is 0. The number of hydrogen-bond acceptors (Lipinski definition) is 5. The maximum absolute atomic E-state index is 13.5. The van der Waals surface area contributed by atoms with E-state index in [4.69, 9.17) is 4.74 Å². The van der Waals surface area contributed by atoms with Gasteiger partial charge in [0.25, 0.3) is 17.2 Å². The Labute approximate surface area is 195 Å². The predicted molar refractivity (Wildman–Crippen MR) is 131 cm³/mol. The molecular weight excluding hydrogens is 434 g/mol. The Morgan fingerprint density at radius 2 is 1.74 bits per heavy atom. The number of ether oxygens (including phenoxy) is 1. The van der Waals surface area contributed by atoms with Crippen LogP contribution in [-0.2, 0) is 6.54 Å². The normalized spacial score (nSPS) is 10.8. The Hall–Kier alpha value is -4.46. The summed E-state index contributed by atoms with van der Waals surface area (Å²) < 4.78 is 5.50. The van der Waals surface area contributed by atoms with Gasteiger partial charge in [-0.3, -0.25) is 19.7 Å². The van der Waals surface area contributed by atoms with Crippen LogP contribution in [0.1, 0.15) is 28.4 Å². The highest BCUT2D eigenvalue weighted by Gasteiger charge is 2.21. The molecule has 0 atom stereocenters. The number of aryl methyl sites for hydroxylation is 1. The van der Waals surface area contributed by atoms with Crippen molar-refractivity contribution >= 4 is 28.2 Å². The molecule has 1 amide bonds. The van der Waals surface area contributed by atoms with Crippen molar-refractivity contribution in [2.45, 2.75) is 20.4 Å². The van der Waals surface area contributed by atoms with Crippen LogP contribution in [0.5, 0.6) is 5.75 Å². The quantitative estimate of drug-likeness (QED) is 0.311. The molecule has 1 N–H and O–H groups in total. The smallest absolute Gasteiger partial charge is 0.269 e. The van der Waals surface area contributed by atoms with Gasteiger partial charge >= 0.3 is 0 Å². The van der Waals surface area contributed by atoms with Crippen LogP contribution in [0.15, 0.2) is 77.6 Å². The van der Waals surface area contributed by atoms with Crippen LogP contribution in [0.3, 0.4) is 0 Å². The van der Waals surface area contributed by atoms with Gasteiger partial charge in [0.05, 0.1) is 18.1 Å². The van der Waals surface area contributed by atoms with E-state index in [1.165, 1.54) is 29.2 Å². The number of pyridine rings is 1. The van der Waals surface area contributed by atoms with Crippen molar-refractivity contribution in [3.63, 3.8) is 0 Å². The highest BCUT2D eigenvalue weighted by Crippen LogP contribution is 2.24. The Kier molecular flexibility index (Phi) is 6.40. The number of amides is 1. The third kappa shape index (κ3) is 4.80. The Morgan fingerprint density at radius 3 is 2.38 bits per heavy atom. The van der Waals surface area contributed by atoms with Gasteiger partial charge in [-0.1, -0.05) is 11.6 Å². The lowest BCUT2D eigenvalue weighted by Crippen LogP contribution is -2.32. The van der Waals surface area contributed by atoms with Crippen LogP contribution in [0, 0.1) is 17.0 Å². The van der Waals surface area contributed by atoms with E-state index in [0.717, 1.165) is 10.9 Å². The van der Waals surface area contributed by atoms with Gasteiger partial charge in [-0.2, -0.15) is 0 Å². The molecule has 0 bridgehead atoms. The van der Waals surface area contributed by atoms with Gasteiger partial charge in [0.1, 0.15) is 5.75 Å². The number of H-pyrrole nitrogens is 1. The molecule has 34 heavy (non-hydrogen) atoms. The lowest BCUT2D eigenvalue weighted by atomic mass is 10.1. The number of anilines is 1. The predicted octanol–water partition coefficient (Wildman–Crippen LogP) is 4.99. The second-order valence-electron chi connectivity index (χ2n) is 7.84. The zero-order chi connectivity index (χ0) is 24.2. The second-order valence-corrected chi connectivity index (χ2v) is 7.84. The van der Waals surface area contributed by atoms with Crippen molar-refractivity contribution in [2.24, 2.45) is 0 Å². The fraction of sp³-hybridized carbons (Fsp3) is 0.154. The van der Waals surface area contributed by atoms with E-state index in [0.29, 0.717) is 29.1 Å². The van der Waals surface area contributed by atoms with Crippen molar-refractivity contribution in [1.82, 2.24) is 4.98 Å². The number of non-ortho nitro benzene ring substituents is 1. The van der Waals surface area contributed by atoms with Crippen molar-refractivity contribution in [3.05, 3.63) is 110 Å². The maximum Gasteiger partial charge on any atom is 0.269 e.